The van der Waals surface area contributed by atoms with Crippen molar-refractivity contribution >= 4 is 15.7 Å². The highest BCUT2D eigenvalue weighted by atomic mass is 32.2. The molecule has 0 N–H and O–H groups in total. The number of hydrogen-bond acceptors (Lipinski definition) is 4. The highest BCUT2D eigenvalue weighted by molar-refractivity contribution is 7.92. The summed E-state index contributed by atoms with van der Waals surface area (Å²) in [6, 6.07) is 9.88. The SMILES string of the molecule is CCN(c1ccncc1)S(=O)(=O)c1ccc(C#N)cc1C. The van der Waals surface area contributed by atoms with E-state index in [1.807, 2.05) is 6.07 Å². The van der Waals surface area contributed by atoms with Gasteiger partial charge in [-0.3, -0.25) is 9.29 Å². The minimum Gasteiger partial charge on any atom is -0.266 e. The van der Waals surface area contributed by atoms with Gasteiger partial charge in [0.25, 0.3) is 10.0 Å². The highest BCUT2D eigenvalue weighted by Gasteiger charge is 2.25. The maximum atomic E-state index is 12.8. The van der Waals surface area contributed by atoms with E-state index >= 15 is 0 Å². The lowest BCUT2D eigenvalue weighted by Crippen LogP contribution is -2.31. The Morgan fingerprint density at radius 2 is 1.90 bits per heavy atom. The molecule has 0 saturated carbocycles. The first-order chi connectivity index (χ1) is 10.0. The fourth-order valence-electron chi connectivity index (χ4n) is 2.13. The molecule has 1 aromatic heterocycles. The molecule has 0 saturated heterocycles. The van der Waals surface area contributed by atoms with Crippen molar-refractivity contribution in [1.82, 2.24) is 4.98 Å². The fraction of sp³-hybridized carbons (Fsp3) is 0.200. The Hall–Kier alpha value is -2.39. The third-order valence-electron chi connectivity index (χ3n) is 3.11. The molecule has 0 spiro atoms. The van der Waals surface area contributed by atoms with E-state index in [-0.39, 0.29) is 4.90 Å². The second-order valence-electron chi connectivity index (χ2n) is 4.47. The lowest BCUT2D eigenvalue weighted by molar-refractivity contribution is 0.591. The quantitative estimate of drug-likeness (QED) is 0.869. The molecule has 6 heteroatoms. The normalized spacial score (nSPS) is 10.9. The number of pyridine rings is 1. The summed E-state index contributed by atoms with van der Waals surface area (Å²) >= 11 is 0. The van der Waals surface area contributed by atoms with Gasteiger partial charge in [-0.25, -0.2) is 8.42 Å². The average Bonchev–Trinajstić information content (AvgIpc) is 2.48. The highest BCUT2D eigenvalue weighted by Crippen LogP contribution is 2.25. The molecule has 0 aliphatic heterocycles. The Balaban J connectivity index is 2.53. The Kier molecular flexibility index (Phi) is 4.24. The van der Waals surface area contributed by atoms with Crippen LogP contribution in [0.3, 0.4) is 0 Å². The van der Waals surface area contributed by atoms with Gasteiger partial charge in [0.05, 0.1) is 22.2 Å². The molecule has 0 bridgehead atoms. The molecule has 0 fully saturated rings. The third kappa shape index (κ3) is 2.88. The second kappa shape index (κ2) is 5.94. The summed E-state index contributed by atoms with van der Waals surface area (Å²) in [4.78, 5) is 4.11. The fourth-order valence-corrected chi connectivity index (χ4v) is 3.81. The minimum absolute atomic E-state index is 0.208. The van der Waals surface area contributed by atoms with E-state index in [2.05, 4.69) is 4.98 Å². The monoisotopic (exact) mass is 301 g/mol. The number of aromatic nitrogens is 1. The van der Waals surface area contributed by atoms with E-state index in [4.69, 9.17) is 5.26 Å². The zero-order valence-corrected chi connectivity index (χ0v) is 12.6. The summed E-state index contributed by atoms with van der Waals surface area (Å²) in [6.07, 6.45) is 3.11. The molecule has 0 atom stereocenters. The van der Waals surface area contributed by atoms with Gasteiger partial charge in [-0.1, -0.05) is 0 Å². The lowest BCUT2D eigenvalue weighted by Gasteiger charge is -2.23. The van der Waals surface area contributed by atoms with Crippen molar-refractivity contribution in [1.29, 1.82) is 5.26 Å². The van der Waals surface area contributed by atoms with Gasteiger partial charge in [-0.15, -0.1) is 0 Å². The number of benzene rings is 1. The Morgan fingerprint density at radius 1 is 1.24 bits per heavy atom. The number of nitrogens with zero attached hydrogens (tertiary/aromatic N) is 3. The van der Waals surface area contributed by atoms with Crippen molar-refractivity contribution < 1.29 is 8.42 Å². The van der Waals surface area contributed by atoms with Crippen LogP contribution in [0.1, 0.15) is 18.1 Å². The molecular weight excluding hydrogens is 286 g/mol. The van der Waals surface area contributed by atoms with Crippen molar-refractivity contribution in [2.75, 3.05) is 10.8 Å². The number of aryl methyl sites for hydroxylation is 1. The van der Waals surface area contributed by atoms with Gasteiger partial charge in [-0.2, -0.15) is 5.26 Å². The summed E-state index contributed by atoms with van der Waals surface area (Å²) in [6.45, 7) is 3.77. The molecule has 1 heterocycles. The van der Waals surface area contributed by atoms with Crippen LogP contribution in [-0.4, -0.2) is 19.9 Å². The molecule has 0 aliphatic carbocycles. The number of hydrogen-bond donors (Lipinski definition) is 0. The summed E-state index contributed by atoms with van der Waals surface area (Å²) in [7, 11) is -3.66. The molecule has 0 aliphatic rings. The first-order valence-electron chi connectivity index (χ1n) is 6.44. The van der Waals surface area contributed by atoms with Crippen LogP contribution in [0.5, 0.6) is 0 Å². The first-order valence-corrected chi connectivity index (χ1v) is 7.88. The predicted octanol–water partition coefficient (Wildman–Crippen LogP) is 2.48. The van der Waals surface area contributed by atoms with Crippen LogP contribution in [0.2, 0.25) is 0 Å². The van der Waals surface area contributed by atoms with E-state index < -0.39 is 10.0 Å². The molecule has 0 unspecified atom stereocenters. The van der Waals surface area contributed by atoms with Crippen LogP contribution in [0.25, 0.3) is 0 Å². The maximum absolute atomic E-state index is 12.8. The molecule has 5 nitrogen and oxygen atoms in total. The average molecular weight is 301 g/mol. The first kappa shape index (κ1) is 15.0. The molecule has 21 heavy (non-hydrogen) atoms. The van der Waals surface area contributed by atoms with Crippen LogP contribution in [0, 0.1) is 18.3 Å². The number of rotatable bonds is 4. The molecule has 0 radical (unpaired) electrons. The van der Waals surface area contributed by atoms with Gasteiger partial charge in [0.15, 0.2) is 0 Å². The van der Waals surface area contributed by atoms with Crippen molar-refractivity contribution in [3.05, 3.63) is 53.9 Å². The number of nitriles is 1. The van der Waals surface area contributed by atoms with E-state index in [1.165, 1.54) is 16.4 Å². The van der Waals surface area contributed by atoms with E-state index in [1.54, 1.807) is 44.4 Å². The van der Waals surface area contributed by atoms with Gasteiger partial charge in [0, 0.05) is 18.9 Å². The van der Waals surface area contributed by atoms with Crippen LogP contribution in [0.4, 0.5) is 5.69 Å². The molecule has 108 valence electrons. The summed E-state index contributed by atoms with van der Waals surface area (Å²) in [5.41, 5.74) is 1.57. The van der Waals surface area contributed by atoms with Crippen molar-refractivity contribution in [3.8, 4) is 6.07 Å². The van der Waals surface area contributed by atoms with Crippen molar-refractivity contribution in [2.24, 2.45) is 0 Å². The molecule has 2 rings (SSSR count). The molecule has 2 aromatic rings. The Labute approximate surface area is 124 Å². The number of anilines is 1. The summed E-state index contributed by atoms with van der Waals surface area (Å²) in [5, 5.41) is 8.87. The summed E-state index contributed by atoms with van der Waals surface area (Å²) in [5.74, 6) is 0. The smallest absolute Gasteiger partial charge is 0.264 e. The third-order valence-corrected chi connectivity index (χ3v) is 5.17. The second-order valence-corrected chi connectivity index (χ2v) is 6.30. The van der Waals surface area contributed by atoms with Crippen LogP contribution < -0.4 is 4.31 Å². The predicted molar refractivity (Wildman–Crippen MR) is 80.3 cm³/mol. The van der Waals surface area contributed by atoms with E-state index in [0.29, 0.717) is 23.4 Å². The van der Waals surface area contributed by atoms with Crippen molar-refractivity contribution in [3.63, 3.8) is 0 Å². The molecular formula is C15H15N3O2S. The van der Waals surface area contributed by atoms with Gasteiger partial charge in [0.1, 0.15) is 0 Å². The van der Waals surface area contributed by atoms with Gasteiger partial charge in [-0.05, 0) is 49.7 Å². The van der Waals surface area contributed by atoms with Gasteiger partial charge < -0.3 is 0 Å². The van der Waals surface area contributed by atoms with Crippen LogP contribution in [-0.2, 0) is 10.0 Å². The largest absolute Gasteiger partial charge is 0.266 e. The summed E-state index contributed by atoms with van der Waals surface area (Å²) < 4.78 is 26.9. The zero-order chi connectivity index (χ0) is 15.5. The van der Waals surface area contributed by atoms with Crippen molar-refractivity contribution in [2.45, 2.75) is 18.7 Å². The van der Waals surface area contributed by atoms with E-state index in [0.717, 1.165) is 0 Å². The Bertz CT molecular complexity index is 780. The number of sulfonamides is 1. The Morgan fingerprint density at radius 3 is 2.43 bits per heavy atom. The zero-order valence-electron chi connectivity index (χ0n) is 11.8. The van der Waals surface area contributed by atoms with E-state index in [9.17, 15) is 8.42 Å². The van der Waals surface area contributed by atoms with Gasteiger partial charge in [0.2, 0.25) is 0 Å². The minimum atomic E-state index is -3.66. The lowest BCUT2D eigenvalue weighted by atomic mass is 10.2. The van der Waals surface area contributed by atoms with Gasteiger partial charge >= 0.3 is 0 Å². The molecule has 1 aromatic carbocycles. The standard InChI is InChI=1S/C15H15N3O2S/c1-3-18(14-6-8-17-9-7-14)21(19,20)15-5-4-13(11-16)10-12(15)2/h4-10H,3H2,1-2H3. The van der Waals surface area contributed by atoms with Crippen LogP contribution >= 0.6 is 0 Å². The van der Waals surface area contributed by atoms with Crippen LogP contribution in [0.15, 0.2) is 47.6 Å². The maximum Gasteiger partial charge on any atom is 0.264 e. The topological polar surface area (TPSA) is 74.1 Å². The molecule has 0 amide bonds.